The predicted octanol–water partition coefficient (Wildman–Crippen LogP) is 6.82. The minimum Gasteiger partial charge on any atom is -0.345 e. The first-order valence-electron chi connectivity index (χ1n) is 12.5. The van der Waals surface area contributed by atoms with Gasteiger partial charge in [-0.15, -0.1) is 0 Å². The molecular formula is C29H31F6N3. The summed E-state index contributed by atoms with van der Waals surface area (Å²) in [6.07, 6.45) is -9.76. The first kappa shape index (κ1) is 28.0. The highest BCUT2D eigenvalue weighted by atomic mass is 19.4. The number of rotatable bonds is 7. The smallest absolute Gasteiger partial charge is 0.345 e. The summed E-state index contributed by atoms with van der Waals surface area (Å²) in [5, 5.41) is 3.25. The van der Waals surface area contributed by atoms with Crippen LogP contribution in [0.2, 0.25) is 0 Å². The lowest BCUT2D eigenvalue weighted by atomic mass is 9.95. The lowest BCUT2D eigenvalue weighted by Gasteiger charge is -2.51. The van der Waals surface area contributed by atoms with Crippen LogP contribution in [0.4, 0.5) is 32.0 Å². The molecule has 3 unspecified atom stereocenters. The quantitative estimate of drug-likeness (QED) is 0.335. The number of anilines is 1. The van der Waals surface area contributed by atoms with Crippen LogP contribution < -0.4 is 10.2 Å². The molecule has 3 aromatic carbocycles. The van der Waals surface area contributed by atoms with Crippen molar-refractivity contribution in [1.82, 2.24) is 10.2 Å². The standard InChI is InChI=1S/C29H31F6N3/c1-20-10-9-11-21(2)27(20)38-25(28(30,31)32)18-37(19-26(38)29(33,34)35)24(23-14-7-4-8-15-23)17-36-16-22-12-5-3-6-13-22/h3-15,24-26,36H,16-19H2,1-2H3. The van der Waals surface area contributed by atoms with E-state index in [1.807, 2.05) is 30.3 Å². The van der Waals surface area contributed by atoms with E-state index in [0.717, 1.165) is 5.56 Å². The van der Waals surface area contributed by atoms with Crippen molar-refractivity contribution >= 4 is 5.69 Å². The largest absolute Gasteiger partial charge is 0.410 e. The summed E-state index contributed by atoms with van der Waals surface area (Å²) >= 11 is 0. The molecule has 0 aliphatic carbocycles. The average molecular weight is 536 g/mol. The summed E-state index contributed by atoms with van der Waals surface area (Å²) < 4.78 is 87.4. The van der Waals surface area contributed by atoms with Crippen LogP contribution in [0.15, 0.2) is 78.9 Å². The SMILES string of the molecule is Cc1cccc(C)c1N1C(C(F)(F)F)CN(C(CNCc2ccccc2)c2ccccc2)CC1C(F)(F)F. The molecule has 0 radical (unpaired) electrons. The Morgan fingerprint density at radius 1 is 0.737 bits per heavy atom. The highest BCUT2D eigenvalue weighted by Gasteiger charge is 2.57. The molecule has 3 aromatic rings. The van der Waals surface area contributed by atoms with E-state index < -0.39 is 43.6 Å². The Kier molecular flexibility index (Phi) is 8.37. The van der Waals surface area contributed by atoms with Crippen LogP contribution in [0.3, 0.4) is 0 Å². The molecule has 1 saturated heterocycles. The van der Waals surface area contributed by atoms with Crippen LogP contribution in [-0.2, 0) is 6.54 Å². The van der Waals surface area contributed by atoms with E-state index in [2.05, 4.69) is 5.32 Å². The van der Waals surface area contributed by atoms with E-state index >= 15 is 0 Å². The topological polar surface area (TPSA) is 18.5 Å². The van der Waals surface area contributed by atoms with Gasteiger partial charge in [0, 0.05) is 37.9 Å². The fourth-order valence-corrected chi connectivity index (χ4v) is 5.30. The molecule has 1 fully saturated rings. The summed E-state index contributed by atoms with van der Waals surface area (Å²) in [6.45, 7) is 2.56. The molecule has 3 atom stereocenters. The van der Waals surface area contributed by atoms with Crippen molar-refractivity contribution in [3.63, 3.8) is 0 Å². The minimum absolute atomic E-state index is 0.00439. The molecular weight excluding hydrogens is 504 g/mol. The van der Waals surface area contributed by atoms with Gasteiger partial charge in [0.1, 0.15) is 12.1 Å². The van der Waals surface area contributed by atoms with Gasteiger partial charge < -0.3 is 10.2 Å². The van der Waals surface area contributed by atoms with E-state index in [0.29, 0.717) is 28.1 Å². The molecule has 0 amide bonds. The van der Waals surface area contributed by atoms with Crippen molar-refractivity contribution in [2.45, 2.75) is 50.9 Å². The van der Waals surface area contributed by atoms with E-state index in [9.17, 15) is 26.3 Å². The fraction of sp³-hybridized carbons (Fsp3) is 0.379. The van der Waals surface area contributed by atoms with Crippen LogP contribution in [0.1, 0.15) is 28.3 Å². The van der Waals surface area contributed by atoms with Crippen LogP contribution in [-0.4, -0.2) is 49.0 Å². The van der Waals surface area contributed by atoms with Crippen molar-refractivity contribution < 1.29 is 26.3 Å². The van der Waals surface area contributed by atoms with E-state index in [1.54, 1.807) is 62.4 Å². The molecule has 0 bridgehead atoms. The van der Waals surface area contributed by atoms with Crippen molar-refractivity contribution in [2.24, 2.45) is 0 Å². The monoisotopic (exact) mass is 535 g/mol. The number of nitrogens with zero attached hydrogens (tertiary/aromatic N) is 2. The average Bonchev–Trinajstić information content (AvgIpc) is 2.86. The van der Waals surface area contributed by atoms with Crippen molar-refractivity contribution in [3.8, 4) is 0 Å². The third-order valence-electron chi connectivity index (χ3n) is 7.07. The molecule has 38 heavy (non-hydrogen) atoms. The second-order valence-corrected chi connectivity index (χ2v) is 9.76. The van der Waals surface area contributed by atoms with E-state index in [-0.39, 0.29) is 12.2 Å². The summed E-state index contributed by atoms with van der Waals surface area (Å²) in [4.78, 5) is 1.91. The Morgan fingerprint density at radius 3 is 1.74 bits per heavy atom. The molecule has 0 spiro atoms. The Balaban J connectivity index is 1.72. The number of piperazine rings is 1. The van der Waals surface area contributed by atoms with Crippen molar-refractivity contribution in [2.75, 3.05) is 24.5 Å². The van der Waals surface area contributed by atoms with Crippen LogP contribution in [0.25, 0.3) is 0 Å². The maximum absolute atomic E-state index is 14.6. The van der Waals surface area contributed by atoms with Gasteiger partial charge in [-0.2, -0.15) is 26.3 Å². The Labute approximate surface area is 219 Å². The number of para-hydroxylation sites is 1. The highest BCUT2D eigenvalue weighted by Crippen LogP contribution is 2.43. The maximum Gasteiger partial charge on any atom is 0.410 e. The molecule has 1 aliphatic rings. The van der Waals surface area contributed by atoms with Gasteiger partial charge >= 0.3 is 12.4 Å². The van der Waals surface area contributed by atoms with E-state index in [1.165, 1.54) is 4.90 Å². The molecule has 0 aromatic heterocycles. The van der Waals surface area contributed by atoms with Gasteiger partial charge in [-0.1, -0.05) is 78.9 Å². The first-order valence-corrected chi connectivity index (χ1v) is 12.5. The van der Waals surface area contributed by atoms with Crippen LogP contribution in [0.5, 0.6) is 0 Å². The first-order chi connectivity index (χ1) is 18.0. The third-order valence-corrected chi connectivity index (χ3v) is 7.07. The molecule has 1 N–H and O–H groups in total. The normalized spacial score (nSPS) is 19.9. The number of benzene rings is 3. The number of halogens is 6. The number of hydrogen-bond acceptors (Lipinski definition) is 3. The molecule has 4 rings (SSSR count). The van der Waals surface area contributed by atoms with Crippen LogP contribution in [0, 0.1) is 13.8 Å². The number of alkyl halides is 6. The fourth-order valence-electron chi connectivity index (χ4n) is 5.30. The second-order valence-electron chi connectivity index (χ2n) is 9.76. The maximum atomic E-state index is 14.6. The van der Waals surface area contributed by atoms with Gasteiger partial charge in [-0.25, -0.2) is 0 Å². The van der Waals surface area contributed by atoms with Crippen molar-refractivity contribution in [1.29, 1.82) is 0 Å². The zero-order valence-corrected chi connectivity index (χ0v) is 21.2. The van der Waals surface area contributed by atoms with Gasteiger partial charge in [-0.3, -0.25) is 4.90 Å². The summed E-state index contributed by atoms with van der Waals surface area (Å²) in [7, 11) is 0. The Morgan fingerprint density at radius 2 is 1.24 bits per heavy atom. The molecule has 0 saturated carbocycles. The van der Waals surface area contributed by atoms with Gasteiger partial charge in [0.2, 0.25) is 0 Å². The Hall–Kier alpha value is -3.04. The molecule has 1 heterocycles. The van der Waals surface area contributed by atoms with Gasteiger partial charge in [0.25, 0.3) is 0 Å². The second kappa shape index (κ2) is 11.4. The molecule has 204 valence electrons. The summed E-state index contributed by atoms with van der Waals surface area (Å²) in [5.41, 5.74) is 2.39. The Bertz CT molecular complexity index is 1140. The zero-order valence-electron chi connectivity index (χ0n) is 21.2. The van der Waals surface area contributed by atoms with Gasteiger partial charge in [0.05, 0.1) is 0 Å². The zero-order chi connectivity index (χ0) is 27.5. The van der Waals surface area contributed by atoms with Crippen molar-refractivity contribution in [3.05, 3.63) is 101 Å². The number of aryl methyl sites for hydroxylation is 2. The summed E-state index contributed by atoms with van der Waals surface area (Å²) in [6, 6.07) is 17.6. The number of hydrogen-bond donors (Lipinski definition) is 1. The lowest BCUT2D eigenvalue weighted by Crippen LogP contribution is -2.68. The van der Waals surface area contributed by atoms with Gasteiger partial charge in [0.15, 0.2) is 0 Å². The third kappa shape index (κ3) is 6.32. The number of nitrogens with one attached hydrogen (secondary N) is 1. The summed E-state index contributed by atoms with van der Waals surface area (Å²) in [5.74, 6) is 0. The van der Waals surface area contributed by atoms with E-state index in [4.69, 9.17) is 0 Å². The highest BCUT2D eigenvalue weighted by molar-refractivity contribution is 5.61. The molecule has 1 aliphatic heterocycles. The van der Waals surface area contributed by atoms with Crippen LogP contribution >= 0.6 is 0 Å². The lowest BCUT2D eigenvalue weighted by molar-refractivity contribution is -0.193. The predicted molar refractivity (Wildman–Crippen MR) is 137 cm³/mol. The molecule has 9 heteroatoms. The molecule has 3 nitrogen and oxygen atoms in total. The minimum atomic E-state index is -4.88. The van der Waals surface area contributed by atoms with Gasteiger partial charge in [-0.05, 0) is 36.1 Å².